The van der Waals surface area contributed by atoms with Crippen LogP contribution < -0.4 is 5.32 Å². The van der Waals surface area contributed by atoms with Crippen LogP contribution in [0.4, 0.5) is 0 Å². The molecule has 0 spiro atoms. The molecule has 0 aliphatic carbocycles. The summed E-state index contributed by atoms with van der Waals surface area (Å²) in [6, 6.07) is 13.3. The van der Waals surface area contributed by atoms with Gasteiger partial charge in [-0.25, -0.2) is 0 Å². The van der Waals surface area contributed by atoms with Crippen molar-refractivity contribution in [2.45, 2.75) is 33.2 Å². The first-order valence-corrected chi connectivity index (χ1v) is 8.91. The van der Waals surface area contributed by atoms with Crippen LogP contribution in [-0.4, -0.2) is 18.5 Å². The van der Waals surface area contributed by atoms with Gasteiger partial charge >= 0.3 is 5.97 Å². The van der Waals surface area contributed by atoms with E-state index in [0.29, 0.717) is 0 Å². The SMILES string of the molecule is Cc1ccc([C@@H](C)NC(=O)COC(=O)Cc2ccc(Br)cc2)cc1C. The molecule has 4 nitrogen and oxygen atoms in total. The monoisotopic (exact) mass is 403 g/mol. The molecule has 132 valence electrons. The van der Waals surface area contributed by atoms with Gasteiger partial charge in [0, 0.05) is 4.47 Å². The van der Waals surface area contributed by atoms with Crippen LogP contribution in [0.5, 0.6) is 0 Å². The smallest absolute Gasteiger partial charge is 0.310 e. The molecule has 5 heteroatoms. The summed E-state index contributed by atoms with van der Waals surface area (Å²) < 4.78 is 6.00. The van der Waals surface area contributed by atoms with E-state index < -0.39 is 5.97 Å². The standard InChI is InChI=1S/C20H22BrNO3/c1-13-4-7-17(10-14(13)2)15(3)22-19(23)12-25-20(24)11-16-5-8-18(21)9-6-16/h4-10,15H,11-12H2,1-3H3,(H,22,23)/t15-/m1/s1. The first-order chi connectivity index (χ1) is 11.8. The van der Waals surface area contributed by atoms with Crippen molar-refractivity contribution in [2.24, 2.45) is 0 Å². The minimum atomic E-state index is -0.420. The van der Waals surface area contributed by atoms with Gasteiger partial charge in [0.05, 0.1) is 12.5 Å². The molecule has 2 aromatic carbocycles. The van der Waals surface area contributed by atoms with Crippen LogP contribution in [0.1, 0.15) is 35.2 Å². The minimum absolute atomic E-state index is 0.142. The molecular weight excluding hydrogens is 382 g/mol. The first-order valence-electron chi connectivity index (χ1n) is 8.11. The van der Waals surface area contributed by atoms with Crippen molar-refractivity contribution in [3.8, 4) is 0 Å². The highest BCUT2D eigenvalue weighted by Gasteiger charge is 2.13. The average Bonchev–Trinajstić information content (AvgIpc) is 2.57. The van der Waals surface area contributed by atoms with Gasteiger partial charge in [-0.3, -0.25) is 9.59 Å². The van der Waals surface area contributed by atoms with E-state index in [4.69, 9.17) is 4.74 Å². The van der Waals surface area contributed by atoms with Crippen molar-refractivity contribution in [3.63, 3.8) is 0 Å². The number of ether oxygens (including phenoxy) is 1. The van der Waals surface area contributed by atoms with Crippen molar-refractivity contribution in [1.29, 1.82) is 0 Å². The largest absolute Gasteiger partial charge is 0.455 e. The lowest BCUT2D eigenvalue weighted by Gasteiger charge is -2.15. The Bertz CT molecular complexity index is 756. The summed E-state index contributed by atoms with van der Waals surface area (Å²) in [5.41, 5.74) is 4.26. The Morgan fingerprint density at radius 2 is 1.76 bits per heavy atom. The number of rotatable bonds is 6. The Labute approximate surface area is 156 Å². The minimum Gasteiger partial charge on any atom is -0.455 e. The molecule has 2 aromatic rings. The number of benzene rings is 2. The summed E-state index contributed by atoms with van der Waals surface area (Å²) in [5, 5.41) is 2.85. The molecule has 0 aromatic heterocycles. The fraction of sp³-hybridized carbons (Fsp3) is 0.300. The van der Waals surface area contributed by atoms with Crippen molar-refractivity contribution in [2.75, 3.05) is 6.61 Å². The number of esters is 1. The number of hydrogen-bond acceptors (Lipinski definition) is 3. The van der Waals surface area contributed by atoms with E-state index in [-0.39, 0.29) is 25.0 Å². The lowest BCUT2D eigenvalue weighted by Crippen LogP contribution is -2.31. The van der Waals surface area contributed by atoms with E-state index >= 15 is 0 Å². The van der Waals surface area contributed by atoms with E-state index in [2.05, 4.69) is 27.3 Å². The maximum atomic E-state index is 12.0. The molecule has 2 rings (SSSR count). The Hall–Kier alpha value is -2.14. The quantitative estimate of drug-likeness (QED) is 0.740. The van der Waals surface area contributed by atoms with E-state index in [1.165, 1.54) is 11.1 Å². The molecule has 1 amide bonds. The highest BCUT2D eigenvalue weighted by Crippen LogP contribution is 2.16. The van der Waals surface area contributed by atoms with Gasteiger partial charge in [0.2, 0.25) is 0 Å². The summed E-state index contributed by atoms with van der Waals surface area (Å²) in [6.45, 7) is 5.72. The third kappa shape index (κ3) is 6.02. The molecule has 0 fully saturated rings. The van der Waals surface area contributed by atoms with Gasteiger partial charge in [-0.2, -0.15) is 0 Å². The number of carbonyl (C=O) groups is 2. The Kier molecular flexibility index (Phi) is 6.76. The van der Waals surface area contributed by atoms with Gasteiger partial charge in [-0.1, -0.05) is 46.3 Å². The zero-order valence-electron chi connectivity index (χ0n) is 14.6. The highest BCUT2D eigenvalue weighted by atomic mass is 79.9. The highest BCUT2D eigenvalue weighted by molar-refractivity contribution is 9.10. The second-order valence-corrected chi connectivity index (χ2v) is 7.01. The van der Waals surface area contributed by atoms with Crippen LogP contribution in [0.2, 0.25) is 0 Å². The van der Waals surface area contributed by atoms with E-state index in [0.717, 1.165) is 15.6 Å². The predicted molar refractivity (Wildman–Crippen MR) is 101 cm³/mol. The van der Waals surface area contributed by atoms with Gasteiger partial charge < -0.3 is 10.1 Å². The van der Waals surface area contributed by atoms with Crippen molar-refractivity contribution in [3.05, 3.63) is 69.2 Å². The number of amides is 1. The average molecular weight is 404 g/mol. The molecule has 0 bridgehead atoms. The third-order valence-electron chi connectivity index (χ3n) is 4.03. The van der Waals surface area contributed by atoms with Crippen LogP contribution in [0.3, 0.4) is 0 Å². The molecule has 0 radical (unpaired) electrons. The number of hydrogen-bond donors (Lipinski definition) is 1. The molecule has 0 saturated carbocycles. The van der Waals surface area contributed by atoms with Gasteiger partial charge in [0.1, 0.15) is 0 Å². The van der Waals surface area contributed by atoms with Gasteiger partial charge in [-0.05, 0) is 55.2 Å². The fourth-order valence-corrected chi connectivity index (χ4v) is 2.63. The molecule has 0 saturated heterocycles. The molecule has 1 N–H and O–H groups in total. The lowest BCUT2D eigenvalue weighted by molar-refractivity contribution is -0.148. The summed E-state index contributed by atoms with van der Waals surface area (Å²) in [6.07, 6.45) is 0.146. The maximum absolute atomic E-state index is 12.0. The van der Waals surface area contributed by atoms with Crippen LogP contribution >= 0.6 is 15.9 Å². The zero-order chi connectivity index (χ0) is 18.4. The topological polar surface area (TPSA) is 55.4 Å². The number of nitrogens with one attached hydrogen (secondary N) is 1. The summed E-state index contributed by atoms with van der Waals surface area (Å²) in [7, 11) is 0. The van der Waals surface area contributed by atoms with Crippen LogP contribution in [-0.2, 0) is 20.7 Å². The molecule has 0 aliphatic heterocycles. The van der Waals surface area contributed by atoms with Gasteiger partial charge in [0.15, 0.2) is 6.61 Å². The van der Waals surface area contributed by atoms with Crippen molar-refractivity contribution in [1.82, 2.24) is 5.32 Å². The number of carbonyl (C=O) groups excluding carboxylic acids is 2. The number of halogens is 1. The summed E-state index contributed by atoms with van der Waals surface area (Å²) >= 11 is 3.34. The van der Waals surface area contributed by atoms with Crippen LogP contribution in [0.25, 0.3) is 0 Å². The fourth-order valence-electron chi connectivity index (χ4n) is 2.37. The van der Waals surface area contributed by atoms with Gasteiger partial charge in [-0.15, -0.1) is 0 Å². The Morgan fingerprint density at radius 3 is 2.40 bits per heavy atom. The zero-order valence-corrected chi connectivity index (χ0v) is 16.2. The molecule has 0 unspecified atom stereocenters. The van der Waals surface area contributed by atoms with Crippen molar-refractivity contribution >= 4 is 27.8 Å². The molecule has 0 heterocycles. The summed E-state index contributed by atoms with van der Waals surface area (Å²) in [5.74, 6) is -0.730. The van der Waals surface area contributed by atoms with E-state index in [1.807, 2.05) is 57.2 Å². The molecular formula is C20H22BrNO3. The number of aryl methyl sites for hydroxylation is 2. The normalized spacial score (nSPS) is 11.7. The first kappa shape index (κ1) is 19.2. The molecule has 0 aliphatic rings. The van der Waals surface area contributed by atoms with Crippen molar-refractivity contribution < 1.29 is 14.3 Å². The van der Waals surface area contributed by atoms with Gasteiger partial charge in [0.25, 0.3) is 5.91 Å². The second-order valence-electron chi connectivity index (χ2n) is 6.10. The predicted octanol–water partition coefficient (Wildman–Crippen LogP) is 4.03. The molecule has 1 atom stereocenters. The Morgan fingerprint density at radius 1 is 1.08 bits per heavy atom. The van der Waals surface area contributed by atoms with Crippen LogP contribution in [0.15, 0.2) is 46.9 Å². The Balaban J connectivity index is 1.80. The second kappa shape index (κ2) is 8.81. The van der Waals surface area contributed by atoms with E-state index in [1.54, 1.807) is 0 Å². The summed E-state index contributed by atoms with van der Waals surface area (Å²) in [4.78, 5) is 23.8. The van der Waals surface area contributed by atoms with E-state index in [9.17, 15) is 9.59 Å². The lowest BCUT2D eigenvalue weighted by atomic mass is 10.0. The third-order valence-corrected chi connectivity index (χ3v) is 4.56. The molecule has 25 heavy (non-hydrogen) atoms. The van der Waals surface area contributed by atoms with Crippen LogP contribution in [0, 0.1) is 13.8 Å². The maximum Gasteiger partial charge on any atom is 0.310 e.